The van der Waals surface area contributed by atoms with Crippen LogP contribution in [0.15, 0.2) is 53.4 Å². The van der Waals surface area contributed by atoms with Gasteiger partial charge in [-0.15, -0.1) is 0 Å². The van der Waals surface area contributed by atoms with E-state index in [0.717, 1.165) is 16.3 Å². The maximum atomic E-state index is 12.4. The Hall–Kier alpha value is -1.65. The van der Waals surface area contributed by atoms with Crippen molar-refractivity contribution in [1.29, 1.82) is 0 Å². The van der Waals surface area contributed by atoms with E-state index in [1.165, 1.54) is 11.9 Å². The molecular formula is C14H11ClN2OS. The topological polar surface area (TPSA) is 23.6 Å². The van der Waals surface area contributed by atoms with E-state index in [2.05, 4.69) is 0 Å². The molecular weight excluding hydrogens is 280 g/mol. The summed E-state index contributed by atoms with van der Waals surface area (Å²) in [5.74, 6) is 0. The lowest BCUT2D eigenvalue weighted by molar-refractivity contribution is 0.255. The van der Waals surface area contributed by atoms with E-state index in [1.807, 2.05) is 36.4 Å². The van der Waals surface area contributed by atoms with E-state index in [4.69, 9.17) is 11.6 Å². The smallest absolute Gasteiger partial charge is 0.295 e. The van der Waals surface area contributed by atoms with Gasteiger partial charge in [-0.1, -0.05) is 23.7 Å². The summed E-state index contributed by atoms with van der Waals surface area (Å²) in [5.41, 5.74) is 1.75. The Kier molecular flexibility index (Phi) is 3.12. The molecule has 19 heavy (non-hydrogen) atoms. The van der Waals surface area contributed by atoms with Gasteiger partial charge in [0.1, 0.15) is 0 Å². The fourth-order valence-corrected chi connectivity index (χ4v) is 3.12. The Morgan fingerprint density at radius 3 is 2.47 bits per heavy atom. The van der Waals surface area contributed by atoms with Crippen molar-refractivity contribution in [2.24, 2.45) is 0 Å². The Balaban J connectivity index is 2.01. The van der Waals surface area contributed by atoms with Crippen LogP contribution >= 0.6 is 23.5 Å². The Bertz CT molecular complexity index is 630. The maximum Gasteiger partial charge on any atom is 0.339 e. The van der Waals surface area contributed by atoms with Gasteiger partial charge in [-0.25, -0.2) is 9.10 Å². The van der Waals surface area contributed by atoms with Gasteiger partial charge < -0.3 is 0 Å². The van der Waals surface area contributed by atoms with E-state index < -0.39 is 0 Å². The molecule has 5 heteroatoms. The molecule has 2 amide bonds. The molecule has 0 spiro atoms. The SMILES string of the molecule is CN1C(=O)N(c2ccc(Cl)cc2)Sc2ccccc21. The molecule has 0 unspecified atom stereocenters. The van der Waals surface area contributed by atoms with Crippen molar-refractivity contribution in [2.75, 3.05) is 16.3 Å². The van der Waals surface area contributed by atoms with Crippen molar-refractivity contribution in [3.8, 4) is 0 Å². The first-order valence-electron chi connectivity index (χ1n) is 5.77. The minimum atomic E-state index is -0.0639. The van der Waals surface area contributed by atoms with Gasteiger partial charge in [0.15, 0.2) is 0 Å². The standard InChI is InChI=1S/C14H11ClN2OS/c1-16-12-4-2-3-5-13(12)19-17(14(16)18)11-8-6-10(15)7-9-11/h2-9H,1H3. The minimum absolute atomic E-state index is 0.0639. The summed E-state index contributed by atoms with van der Waals surface area (Å²) in [6.07, 6.45) is 0. The van der Waals surface area contributed by atoms with Gasteiger partial charge in [0, 0.05) is 12.1 Å². The second kappa shape index (κ2) is 4.79. The van der Waals surface area contributed by atoms with E-state index in [0.29, 0.717) is 5.02 Å². The number of benzene rings is 2. The average Bonchev–Trinajstić information content (AvgIpc) is 2.44. The lowest BCUT2D eigenvalue weighted by Crippen LogP contribution is -2.40. The summed E-state index contributed by atoms with van der Waals surface area (Å²) in [4.78, 5) is 15.1. The predicted molar refractivity (Wildman–Crippen MR) is 80.0 cm³/mol. The van der Waals surface area contributed by atoms with Crippen molar-refractivity contribution in [3.05, 3.63) is 53.6 Å². The van der Waals surface area contributed by atoms with Crippen molar-refractivity contribution in [2.45, 2.75) is 4.90 Å². The maximum absolute atomic E-state index is 12.4. The first-order chi connectivity index (χ1) is 9.16. The third kappa shape index (κ3) is 2.17. The zero-order valence-corrected chi connectivity index (χ0v) is 11.8. The van der Waals surface area contributed by atoms with Crippen LogP contribution in [0.4, 0.5) is 16.2 Å². The highest BCUT2D eigenvalue weighted by molar-refractivity contribution is 8.01. The van der Waals surface area contributed by atoms with Crippen LogP contribution in [0.2, 0.25) is 5.02 Å². The van der Waals surface area contributed by atoms with E-state index in [1.54, 1.807) is 28.4 Å². The number of hydrogen-bond donors (Lipinski definition) is 0. The number of fused-ring (bicyclic) bond motifs is 1. The van der Waals surface area contributed by atoms with Crippen LogP contribution < -0.4 is 9.21 Å². The van der Waals surface area contributed by atoms with E-state index >= 15 is 0 Å². The zero-order chi connectivity index (χ0) is 13.4. The largest absolute Gasteiger partial charge is 0.339 e. The van der Waals surface area contributed by atoms with Gasteiger partial charge >= 0.3 is 6.03 Å². The highest BCUT2D eigenvalue weighted by Crippen LogP contribution is 2.40. The summed E-state index contributed by atoms with van der Waals surface area (Å²) in [6.45, 7) is 0. The number of para-hydroxylation sites is 1. The molecule has 1 aliphatic heterocycles. The van der Waals surface area contributed by atoms with Crippen LogP contribution in [0.5, 0.6) is 0 Å². The number of rotatable bonds is 1. The van der Waals surface area contributed by atoms with Crippen LogP contribution in [0, 0.1) is 0 Å². The molecule has 96 valence electrons. The normalized spacial score (nSPS) is 14.5. The molecule has 2 aromatic rings. The number of anilines is 2. The minimum Gasteiger partial charge on any atom is -0.295 e. The quantitative estimate of drug-likeness (QED) is 0.726. The summed E-state index contributed by atoms with van der Waals surface area (Å²) in [7, 11) is 1.78. The third-order valence-electron chi connectivity index (χ3n) is 2.94. The Labute approximate surface area is 120 Å². The molecule has 0 fully saturated rings. The second-order valence-corrected chi connectivity index (χ2v) is 5.60. The number of halogens is 1. The molecule has 0 bridgehead atoms. The first kappa shape index (κ1) is 12.4. The van der Waals surface area contributed by atoms with Gasteiger partial charge in [-0.05, 0) is 48.3 Å². The van der Waals surface area contributed by atoms with Crippen molar-refractivity contribution < 1.29 is 4.79 Å². The lowest BCUT2D eigenvalue weighted by atomic mass is 10.3. The average molecular weight is 291 g/mol. The highest BCUT2D eigenvalue weighted by atomic mass is 35.5. The van der Waals surface area contributed by atoms with E-state index in [9.17, 15) is 4.79 Å². The third-order valence-corrected chi connectivity index (χ3v) is 4.28. The molecule has 0 N–H and O–H groups in total. The molecule has 0 aromatic heterocycles. The van der Waals surface area contributed by atoms with Gasteiger partial charge in [0.25, 0.3) is 0 Å². The summed E-state index contributed by atoms with van der Waals surface area (Å²) >= 11 is 7.30. The Morgan fingerprint density at radius 2 is 1.74 bits per heavy atom. The molecule has 3 nitrogen and oxygen atoms in total. The summed E-state index contributed by atoms with van der Waals surface area (Å²) in [6, 6.07) is 15.0. The van der Waals surface area contributed by atoms with Crippen LogP contribution in [0.1, 0.15) is 0 Å². The zero-order valence-electron chi connectivity index (χ0n) is 10.2. The second-order valence-electron chi connectivity index (χ2n) is 4.17. The Morgan fingerprint density at radius 1 is 1.05 bits per heavy atom. The summed E-state index contributed by atoms with van der Waals surface area (Å²) in [5, 5.41) is 0.659. The molecule has 2 aromatic carbocycles. The van der Waals surface area contributed by atoms with Gasteiger partial charge in [-0.2, -0.15) is 0 Å². The number of carbonyl (C=O) groups excluding carboxylic acids is 1. The number of hydrogen-bond acceptors (Lipinski definition) is 2. The molecule has 0 saturated heterocycles. The van der Waals surface area contributed by atoms with Crippen LogP contribution in [-0.4, -0.2) is 13.1 Å². The number of carbonyl (C=O) groups is 1. The van der Waals surface area contributed by atoms with Crippen LogP contribution in [-0.2, 0) is 0 Å². The van der Waals surface area contributed by atoms with Gasteiger partial charge in [-0.3, -0.25) is 4.90 Å². The highest BCUT2D eigenvalue weighted by Gasteiger charge is 2.29. The van der Waals surface area contributed by atoms with Crippen molar-refractivity contribution in [3.63, 3.8) is 0 Å². The fraction of sp³-hybridized carbons (Fsp3) is 0.0714. The number of nitrogens with zero attached hydrogens (tertiary/aromatic N) is 2. The molecule has 1 heterocycles. The van der Waals surface area contributed by atoms with Crippen molar-refractivity contribution in [1.82, 2.24) is 0 Å². The van der Waals surface area contributed by atoms with Gasteiger partial charge in [0.2, 0.25) is 0 Å². The molecule has 3 rings (SSSR count). The number of urea groups is 1. The summed E-state index contributed by atoms with van der Waals surface area (Å²) < 4.78 is 1.67. The molecule has 0 aliphatic carbocycles. The monoisotopic (exact) mass is 290 g/mol. The predicted octanol–water partition coefficient (Wildman–Crippen LogP) is 4.42. The van der Waals surface area contributed by atoms with Crippen molar-refractivity contribution >= 4 is 41.0 Å². The molecule has 0 saturated carbocycles. The molecule has 0 atom stereocenters. The molecule has 0 radical (unpaired) electrons. The van der Waals surface area contributed by atoms with Crippen LogP contribution in [0.25, 0.3) is 0 Å². The number of amides is 2. The van der Waals surface area contributed by atoms with E-state index in [-0.39, 0.29) is 6.03 Å². The van der Waals surface area contributed by atoms with Crippen LogP contribution in [0.3, 0.4) is 0 Å². The fourth-order valence-electron chi connectivity index (χ4n) is 1.93. The van der Waals surface area contributed by atoms with Gasteiger partial charge in [0.05, 0.1) is 16.3 Å². The molecule has 1 aliphatic rings. The lowest BCUT2D eigenvalue weighted by Gasteiger charge is -2.33. The first-order valence-corrected chi connectivity index (χ1v) is 6.92.